The molecule has 6 nitrogen and oxygen atoms in total. The van der Waals surface area contributed by atoms with E-state index in [1.807, 2.05) is 34.6 Å². The molecular formula is C22H31N3O3. The molecule has 2 fully saturated rings. The molecule has 1 spiro atoms. The van der Waals surface area contributed by atoms with Gasteiger partial charge in [0.25, 0.3) is 0 Å². The molecule has 0 aliphatic carbocycles. The van der Waals surface area contributed by atoms with Crippen molar-refractivity contribution < 1.29 is 14.6 Å². The van der Waals surface area contributed by atoms with E-state index in [0.717, 1.165) is 36.2 Å². The van der Waals surface area contributed by atoms with E-state index in [4.69, 9.17) is 4.74 Å². The molecule has 2 aliphatic rings. The highest BCUT2D eigenvalue weighted by Gasteiger charge is 2.44. The van der Waals surface area contributed by atoms with E-state index in [1.165, 1.54) is 0 Å². The molecule has 4 heterocycles. The fourth-order valence-corrected chi connectivity index (χ4v) is 4.69. The number of aromatic nitrogens is 2. The number of hydrogen-bond acceptors (Lipinski definition) is 4. The van der Waals surface area contributed by atoms with Gasteiger partial charge in [-0.25, -0.2) is 4.98 Å². The summed E-state index contributed by atoms with van der Waals surface area (Å²) in [6.45, 7) is 7.69. The Labute approximate surface area is 166 Å². The summed E-state index contributed by atoms with van der Waals surface area (Å²) in [7, 11) is 0. The molecule has 4 rings (SSSR count). The minimum atomic E-state index is -0.301. The first-order valence-corrected chi connectivity index (χ1v) is 10.4. The highest BCUT2D eigenvalue weighted by atomic mass is 16.5. The number of rotatable bonds is 3. The Bertz CT molecular complexity index is 852. The number of piperidine rings is 1. The number of aliphatic hydroxyl groups excluding tert-OH is 1. The quantitative estimate of drug-likeness (QED) is 0.882. The Morgan fingerprint density at radius 3 is 2.86 bits per heavy atom. The average molecular weight is 386 g/mol. The lowest BCUT2D eigenvalue weighted by Crippen LogP contribution is -2.54. The maximum Gasteiger partial charge on any atom is 0.228 e. The van der Waals surface area contributed by atoms with Gasteiger partial charge in [-0.05, 0) is 43.7 Å². The molecular weight excluding hydrogens is 354 g/mol. The van der Waals surface area contributed by atoms with Crippen LogP contribution in [0.2, 0.25) is 0 Å². The molecule has 0 saturated carbocycles. The summed E-state index contributed by atoms with van der Waals surface area (Å²) < 4.78 is 8.45. The van der Waals surface area contributed by atoms with Crippen molar-refractivity contribution in [2.75, 3.05) is 13.1 Å². The molecule has 152 valence electrons. The minimum absolute atomic E-state index is 0.104. The van der Waals surface area contributed by atoms with Crippen molar-refractivity contribution >= 4 is 11.6 Å². The predicted octanol–water partition coefficient (Wildman–Crippen LogP) is 2.74. The number of nitrogens with zero attached hydrogens (tertiary/aromatic N) is 3. The Balaban J connectivity index is 1.40. The number of carbonyl (C=O) groups excluding carboxylic acids is 1. The molecule has 6 heteroatoms. The van der Waals surface area contributed by atoms with Gasteiger partial charge in [-0.15, -0.1) is 0 Å². The Morgan fingerprint density at radius 2 is 2.14 bits per heavy atom. The van der Waals surface area contributed by atoms with Gasteiger partial charge in [0.1, 0.15) is 5.65 Å². The molecule has 0 unspecified atom stereocenters. The van der Waals surface area contributed by atoms with Crippen LogP contribution in [0.25, 0.3) is 5.65 Å². The fourth-order valence-electron chi connectivity index (χ4n) is 4.69. The van der Waals surface area contributed by atoms with Gasteiger partial charge in [-0.1, -0.05) is 19.9 Å². The average Bonchev–Trinajstić information content (AvgIpc) is 3.06. The third-order valence-electron chi connectivity index (χ3n) is 6.42. The van der Waals surface area contributed by atoms with E-state index in [1.54, 1.807) is 6.20 Å². The maximum absolute atomic E-state index is 12.9. The Hall–Kier alpha value is -1.92. The van der Waals surface area contributed by atoms with Crippen LogP contribution in [0.1, 0.15) is 50.8 Å². The van der Waals surface area contributed by atoms with Crippen molar-refractivity contribution in [1.82, 2.24) is 14.3 Å². The summed E-state index contributed by atoms with van der Waals surface area (Å²) in [5.41, 5.74) is 2.67. The highest BCUT2D eigenvalue weighted by molar-refractivity contribution is 5.78. The van der Waals surface area contributed by atoms with Crippen LogP contribution in [-0.4, -0.2) is 56.2 Å². The molecule has 2 aromatic rings. The molecule has 0 radical (unpaired) electrons. The van der Waals surface area contributed by atoms with Crippen molar-refractivity contribution in [2.45, 2.75) is 70.7 Å². The van der Waals surface area contributed by atoms with Crippen LogP contribution in [-0.2, 0) is 16.0 Å². The van der Waals surface area contributed by atoms with Crippen molar-refractivity contribution in [3.63, 3.8) is 0 Å². The van der Waals surface area contributed by atoms with Crippen molar-refractivity contribution in [1.29, 1.82) is 0 Å². The molecule has 2 aromatic heterocycles. The first-order chi connectivity index (χ1) is 13.4. The van der Waals surface area contributed by atoms with Crippen LogP contribution in [0.4, 0.5) is 0 Å². The summed E-state index contributed by atoms with van der Waals surface area (Å²) in [6, 6.07) is 4.01. The molecule has 0 bridgehead atoms. The van der Waals surface area contributed by atoms with E-state index in [2.05, 4.69) is 18.8 Å². The van der Waals surface area contributed by atoms with Gasteiger partial charge in [0.05, 0.1) is 29.9 Å². The van der Waals surface area contributed by atoms with E-state index in [-0.39, 0.29) is 23.7 Å². The number of hydrogen-bond donors (Lipinski definition) is 1. The Kier molecular flexibility index (Phi) is 5.19. The maximum atomic E-state index is 12.9. The number of aryl methyl sites for hydroxylation is 1. The van der Waals surface area contributed by atoms with Crippen LogP contribution in [0.15, 0.2) is 24.5 Å². The highest BCUT2D eigenvalue weighted by Crippen LogP contribution is 2.39. The summed E-state index contributed by atoms with van der Waals surface area (Å²) in [4.78, 5) is 19.3. The van der Waals surface area contributed by atoms with Gasteiger partial charge >= 0.3 is 0 Å². The van der Waals surface area contributed by atoms with Crippen LogP contribution in [0.3, 0.4) is 0 Å². The van der Waals surface area contributed by atoms with Crippen LogP contribution < -0.4 is 0 Å². The van der Waals surface area contributed by atoms with Crippen LogP contribution in [0.5, 0.6) is 0 Å². The number of fused-ring (bicyclic) bond motifs is 1. The molecule has 2 aliphatic heterocycles. The van der Waals surface area contributed by atoms with Gasteiger partial charge in [-0.3, -0.25) is 4.79 Å². The summed E-state index contributed by atoms with van der Waals surface area (Å²) in [5.74, 6) is 0.528. The molecule has 1 amide bonds. The zero-order valence-corrected chi connectivity index (χ0v) is 17.1. The van der Waals surface area contributed by atoms with Gasteiger partial charge in [0, 0.05) is 31.9 Å². The summed E-state index contributed by atoms with van der Waals surface area (Å²) in [5, 5.41) is 10.3. The second-order valence-electron chi connectivity index (χ2n) is 8.87. The number of likely N-dealkylation sites (tertiary alicyclic amines) is 1. The fraction of sp³-hybridized carbons (Fsp3) is 0.636. The molecule has 28 heavy (non-hydrogen) atoms. The van der Waals surface area contributed by atoms with E-state index in [9.17, 15) is 9.90 Å². The first-order valence-electron chi connectivity index (χ1n) is 10.4. The van der Waals surface area contributed by atoms with Crippen molar-refractivity contribution in [3.05, 3.63) is 35.8 Å². The first kappa shape index (κ1) is 19.4. The standard InChI is InChI=1S/C22H31N3O3/c1-15(2)19-12-18(26)13-22(28-19)6-9-24(10-7-22)20(27)11-17-14-23-21-16(3)5-4-8-25(17)21/h4-5,8,14-15,18-19,26H,6-7,9-13H2,1-3H3/t18-,19-/m1/s1. The third kappa shape index (κ3) is 3.67. The summed E-state index contributed by atoms with van der Waals surface area (Å²) >= 11 is 0. The normalized spacial score (nSPS) is 25.0. The monoisotopic (exact) mass is 385 g/mol. The second-order valence-corrected chi connectivity index (χ2v) is 8.87. The molecule has 1 N–H and O–H groups in total. The van der Waals surface area contributed by atoms with Gasteiger partial charge < -0.3 is 19.1 Å². The molecule has 2 atom stereocenters. The van der Waals surface area contributed by atoms with Crippen LogP contribution >= 0.6 is 0 Å². The van der Waals surface area contributed by atoms with E-state index >= 15 is 0 Å². The van der Waals surface area contributed by atoms with Gasteiger partial charge in [0.15, 0.2) is 0 Å². The topological polar surface area (TPSA) is 67.1 Å². The number of imidazole rings is 1. The predicted molar refractivity (Wildman–Crippen MR) is 107 cm³/mol. The van der Waals surface area contributed by atoms with Crippen LogP contribution in [0, 0.1) is 12.8 Å². The third-order valence-corrected chi connectivity index (χ3v) is 6.42. The van der Waals surface area contributed by atoms with Gasteiger partial charge in [0.2, 0.25) is 5.91 Å². The lowest BCUT2D eigenvalue weighted by atomic mass is 9.80. The van der Waals surface area contributed by atoms with Crippen molar-refractivity contribution in [2.24, 2.45) is 5.92 Å². The Morgan fingerprint density at radius 1 is 1.39 bits per heavy atom. The van der Waals surface area contributed by atoms with E-state index < -0.39 is 0 Å². The smallest absolute Gasteiger partial charge is 0.228 e. The number of aliphatic hydroxyl groups is 1. The molecule has 0 aromatic carbocycles. The van der Waals surface area contributed by atoms with Gasteiger partial charge in [-0.2, -0.15) is 0 Å². The summed E-state index contributed by atoms with van der Waals surface area (Å²) in [6.07, 6.45) is 6.93. The second kappa shape index (κ2) is 7.48. The van der Waals surface area contributed by atoms with Crippen molar-refractivity contribution in [3.8, 4) is 0 Å². The zero-order chi connectivity index (χ0) is 19.9. The minimum Gasteiger partial charge on any atom is -0.393 e. The van der Waals surface area contributed by atoms with E-state index in [0.29, 0.717) is 31.8 Å². The number of pyridine rings is 1. The number of carbonyl (C=O) groups is 1. The lowest BCUT2D eigenvalue weighted by Gasteiger charge is -2.48. The molecule has 2 saturated heterocycles. The SMILES string of the molecule is Cc1cccn2c(CC(=O)N3CCC4(CC3)C[C@H](O)C[C@H](C(C)C)O4)cnc12. The largest absolute Gasteiger partial charge is 0.393 e. The zero-order valence-electron chi connectivity index (χ0n) is 17.1. The lowest BCUT2D eigenvalue weighted by molar-refractivity contribution is -0.193. The number of amides is 1. The number of ether oxygens (including phenoxy) is 1.